The lowest BCUT2D eigenvalue weighted by atomic mass is 10.2. The minimum atomic E-state index is -1.17. The van der Waals surface area contributed by atoms with E-state index in [1.54, 1.807) is 24.3 Å². The number of benzene rings is 2. The second kappa shape index (κ2) is 7.15. The zero-order valence-corrected chi connectivity index (χ0v) is 12.7. The molecule has 0 fully saturated rings. The van der Waals surface area contributed by atoms with Crippen molar-refractivity contribution in [2.75, 3.05) is 11.9 Å². The lowest BCUT2D eigenvalue weighted by Gasteiger charge is -2.09. The van der Waals surface area contributed by atoms with Gasteiger partial charge in [0, 0.05) is 5.69 Å². The van der Waals surface area contributed by atoms with E-state index in [0.29, 0.717) is 16.5 Å². The van der Waals surface area contributed by atoms with Crippen molar-refractivity contribution in [2.24, 2.45) is 0 Å². The molecule has 0 aliphatic carbocycles. The molecule has 1 amide bonds. The molecule has 0 heterocycles. The standard InChI is InChI=1S/C15H11Cl2NO4/c16-11-6-5-9(7-10(11)15(20)21)18-14(19)8-22-13-4-2-1-3-12(13)17/h1-7H,8H2,(H,18,19)(H,20,21). The van der Waals surface area contributed by atoms with Crippen molar-refractivity contribution in [2.45, 2.75) is 0 Å². The Balaban J connectivity index is 1.99. The van der Waals surface area contributed by atoms with Crippen LogP contribution in [-0.2, 0) is 4.79 Å². The highest BCUT2D eigenvalue weighted by Crippen LogP contribution is 2.23. The highest BCUT2D eigenvalue weighted by molar-refractivity contribution is 6.33. The number of hydrogen-bond acceptors (Lipinski definition) is 3. The predicted octanol–water partition coefficient (Wildman–Crippen LogP) is 3.71. The van der Waals surface area contributed by atoms with Crippen LogP contribution in [0.15, 0.2) is 42.5 Å². The van der Waals surface area contributed by atoms with Gasteiger partial charge in [-0.05, 0) is 30.3 Å². The van der Waals surface area contributed by atoms with Gasteiger partial charge in [0.25, 0.3) is 5.91 Å². The van der Waals surface area contributed by atoms with Crippen molar-refractivity contribution in [1.29, 1.82) is 0 Å². The number of nitrogens with one attached hydrogen (secondary N) is 1. The predicted molar refractivity (Wildman–Crippen MR) is 84.0 cm³/mol. The highest BCUT2D eigenvalue weighted by atomic mass is 35.5. The van der Waals surface area contributed by atoms with Crippen molar-refractivity contribution >= 4 is 40.8 Å². The average Bonchev–Trinajstić information content (AvgIpc) is 2.48. The van der Waals surface area contributed by atoms with Crippen molar-refractivity contribution in [1.82, 2.24) is 0 Å². The van der Waals surface area contributed by atoms with Crippen molar-refractivity contribution in [3.05, 3.63) is 58.1 Å². The van der Waals surface area contributed by atoms with Gasteiger partial charge in [0.1, 0.15) is 5.75 Å². The zero-order valence-electron chi connectivity index (χ0n) is 11.2. The van der Waals surface area contributed by atoms with Crippen LogP contribution in [0.3, 0.4) is 0 Å². The first-order valence-electron chi connectivity index (χ1n) is 6.17. The van der Waals surface area contributed by atoms with Gasteiger partial charge in [-0.3, -0.25) is 4.79 Å². The third kappa shape index (κ3) is 4.13. The third-order valence-corrected chi connectivity index (χ3v) is 3.32. The second-order valence-electron chi connectivity index (χ2n) is 4.27. The van der Waals surface area contributed by atoms with E-state index in [1.165, 1.54) is 18.2 Å². The Hall–Kier alpha value is -2.24. The number of carbonyl (C=O) groups is 2. The van der Waals surface area contributed by atoms with E-state index >= 15 is 0 Å². The van der Waals surface area contributed by atoms with Gasteiger partial charge in [-0.2, -0.15) is 0 Å². The molecule has 0 atom stereocenters. The summed E-state index contributed by atoms with van der Waals surface area (Å²) in [5.41, 5.74) is 0.223. The Morgan fingerprint density at radius 2 is 1.82 bits per heavy atom. The number of para-hydroxylation sites is 1. The number of rotatable bonds is 5. The molecule has 0 bridgehead atoms. The molecule has 2 N–H and O–H groups in total. The first-order chi connectivity index (χ1) is 10.5. The third-order valence-electron chi connectivity index (χ3n) is 2.68. The summed E-state index contributed by atoms with van der Waals surface area (Å²) >= 11 is 11.7. The van der Waals surface area contributed by atoms with E-state index in [2.05, 4.69) is 5.32 Å². The van der Waals surface area contributed by atoms with E-state index < -0.39 is 11.9 Å². The number of carboxylic acids is 1. The van der Waals surface area contributed by atoms with Gasteiger partial charge < -0.3 is 15.2 Å². The van der Waals surface area contributed by atoms with E-state index in [9.17, 15) is 9.59 Å². The number of hydrogen-bond donors (Lipinski definition) is 2. The van der Waals surface area contributed by atoms with E-state index in [-0.39, 0.29) is 17.2 Å². The van der Waals surface area contributed by atoms with Crippen LogP contribution in [0.25, 0.3) is 0 Å². The van der Waals surface area contributed by atoms with Crippen LogP contribution in [0.5, 0.6) is 5.75 Å². The monoisotopic (exact) mass is 339 g/mol. The molecule has 0 aromatic heterocycles. The molecule has 0 aliphatic rings. The van der Waals surface area contributed by atoms with Crippen molar-refractivity contribution in [3.8, 4) is 5.75 Å². The van der Waals surface area contributed by atoms with Gasteiger partial charge in [-0.1, -0.05) is 35.3 Å². The largest absolute Gasteiger partial charge is 0.482 e. The van der Waals surface area contributed by atoms with Crippen LogP contribution in [0, 0.1) is 0 Å². The zero-order chi connectivity index (χ0) is 16.1. The van der Waals surface area contributed by atoms with Gasteiger partial charge in [0.05, 0.1) is 15.6 Å². The lowest BCUT2D eigenvalue weighted by Crippen LogP contribution is -2.20. The fraction of sp³-hybridized carbons (Fsp3) is 0.0667. The number of aromatic carboxylic acids is 1. The molecular weight excluding hydrogens is 329 g/mol. The highest BCUT2D eigenvalue weighted by Gasteiger charge is 2.11. The molecule has 0 aliphatic heterocycles. The SMILES string of the molecule is O=C(COc1ccccc1Cl)Nc1ccc(Cl)c(C(=O)O)c1. The summed E-state index contributed by atoms with van der Waals surface area (Å²) in [5, 5.41) is 12.0. The molecule has 114 valence electrons. The Morgan fingerprint density at radius 1 is 1.09 bits per heavy atom. The van der Waals surface area contributed by atoms with Gasteiger partial charge in [-0.15, -0.1) is 0 Å². The quantitative estimate of drug-likeness (QED) is 0.870. The van der Waals surface area contributed by atoms with E-state index in [0.717, 1.165) is 0 Å². The van der Waals surface area contributed by atoms with Crippen LogP contribution in [0.2, 0.25) is 10.0 Å². The minimum Gasteiger partial charge on any atom is -0.482 e. The molecule has 22 heavy (non-hydrogen) atoms. The molecule has 0 radical (unpaired) electrons. The fourth-order valence-electron chi connectivity index (χ4n) is 1.67. The van der Waals surface area contributed by atoms with Crippen molar-refractivity contribution < 1.29 is 19.4 Å². The molecule has 2 aromatic carbocycles. The van der Waals surface area contributed by atoms with Gasteiger partial charge in [0.15, 0.2) is 6.61 Å². The van der Waals surface area contributed by atoms with Crippen LogP contribution < -0.4 is 10.1 Å². The number of amides is 1. The lowest BCUT2D eigenvalue weighted by molar-refractivity contribution is -0.118. The number of halogens is 2. The molecule has 5 nitrogen and oxygen atoms in total. The van der Waals surface area contributed by atoms with Crippen LogP contribution in [0.1, 0.15) is 10.4 Å². The maximum Gasteiger partial charge on any atom is 0.337 e. The van der Waals surface area contributed by atoms with Crippen molar-refractivity contribution in [3.63, 3.8) is 0 Å². The Morgan fingerprint density at radius 3 is 2.50 bits per heavy atom. The van der Waals surface area contributed by atoms with Gasteiger partial charge >= 0.3 is 5.97 Å². The van der Waals surface area contributed by atoms with Crippen LogP contribution in [-0.4, -0.2) is 23.6 Å². The van der Waals surface area contributed by atoms with E-state index in [4.69, 9.17) is 33.0 Å². The maximum absolute atomic E-state index is 11.8. The molecule has 0 spiro atoms. The Kier molecular flexibility index (Phi) is 5.25. The van der Waals surface area contributed by atoms with Gasteiger partial charge in [0.2, 0.25) is 0 Å². The molecule has 2 rings (SSSR count). The summed E-state index contributed by atoms with van der Waals surface area (Å²) in [6.07, 6.45) is 0. The second-order valence-corrected chi connectivity index (χ2v) is 5.08. The summed E-state index contributed by atoms with van der Waals surface area (Å²) in [6, 6.07) is 10.9. The molecule has 0 unspecified atom stereocenters. The summed E-state index contributed by atoms with van der Waals surface area (Å²) in [4.78, 5) is 22.8. The molecule has 0 saturated carbocycles. The Labute approximate surface area is 136 Å². The molecule has 0 saturated heterocycles. The number of carbonyl (C=O) groups excluding carboxylic acids is 1. The number of carboxylic acid groups (broad SMARTS) is 1. The molecule has 2 aromatic rings. The number of anilines is 1. The van der Waals surface area contributed by atoms with Crippen LogP contribution >= 0.6 is 23.2 Å². The topological polar surface area (TPSA) is 75.6 Å². The normalized spacial score (nSPS) is 10.1. The minimum absolute atomic E-state index is 0.0912. The fourth-order valence-corrected chi connectivity index (χ4v) is 2.06. The smallest absolute Gasteiger partial charge is 0.337 e. The maximum atomic E-state index is 11.8. The van der Waals surface area contributed by atoms with Gasteiger partial charge in [-0.25, -0.2) is 4.79 Å². The first-order valence-corrected chi connectivity index (χ1v) is 6.93. The van der Waals surface area contributed by atoms with Crippen LogP contribution in [0.4, 0.5) is 5.69 Å². The average molecular weight is 340 g/mol. The summed E-state index contributed by atoms with van der Waals surface area (Å²) < 4.78 is 5.29. The summed E-state index contributed by atoms with van der Waals surface area (Å²) in [5.74, 6) is -1.23. The summed E-state index contributed by atoms with van der Waals surface area (Å²) in [7, 11) is 0. The Bertz CT molecular complexity index is 718. The van der Waals surface area contributed by atoms with E-state index in [1.807, 2.05) is 0 Å². The number of ether oxygens (including phenoxy) is 1. The molecular formula is C15H11Cl2NO4. The molecule has 7 heteroatoms. The summed E-state index contributed by atoms with van der Waals surface area (Å²) in [6.45, 7) is -0.255. The first kappa shape index (κ1) is 16.1.